The van der Waals surface area contributed by atoms with E-state index in [4.69, 9.17) is 9.15 Å². The molecule has 0 fully saturated rings. The van der Waals surface area contributed by atoms with E-state index >= 15 is 0 Å². The van der Waals surface area contributed by atoms with E-state index in [0.29, 0.717) is 5.95 Å². The van der Waals surface area contributed by atoms with E-state index in [-0.39, 0.29) is 24.6 Å². The largest absolute Gasteiger partial charge is 0.455 e. The molecule has 1 N–H and O–H groups in total. The highest BCUT2D eigenvalue weighted by molar-refractivity contribution is 5.97. The number of hydrogen-bond donors (Lipinski definition) is 1. The smallest absolute Gasteiger partial charge is 0.294 e. The summed E-state index contributed by atoms with van der Waals surface area (Å²) in [5, 5.41) is 4.48. The number of nitrogens with one attached hydrogen (secondary N) is 1. The number of rotatable bonds is 4. The summed E-state index contributed by atoms with van der Waals surface area (Å²) in [4.78, 5) is 0. The van der Waals surface area contributed by atoms with Gasteiger partial charge in [-0.3, -0.25) is 0 Å². The average Bonchev–Trinajstić information content (AvgIpc) is 3.27. The maximum atomic E-state index is 6.55. The second-order valence-electron chi connectivity index (χ2n) is 6.96. The highest BCUT2D eigenvalue weighted by atomic mass is 35.5. The van der Waals surface area contributed by atoms with Crippen LogP contribution in [0.4, 0.5) is 0 Å². The molecule has 0 amide bonds. The molecule has 0 saturated carbocycles. The van der Waals surface area contributed by atoms with Gasteiger partial charge in [-0.25, -0.2) is 0 Å². The van der Waals surface area contributed by atoms with E-state index in [0.717, 1.165) is 28.5 Å². The molecule has 2 unspecified atom stereocenters. The number of likely N-dealkylation sites (N-methyl/N-ethyl adjacent to an activating group) is 1. The van der Waals surface area contributed by atoms with Gasteiger partial charge in [-0.15, -0.1) is 12.4 Å². The number of furan rings is 1. The second-order valence-corrected chi connectivity index (χ2v) is 6.96. The third-order valence-corrected chi connectivity index (χ3v) is 5.40. The summed E-state index contributed by atoms with van der Waals surface area (Å²) < 4.78 is 12.7. The van der Waals surface area contributed by atoms with Crippen LogP contribution in [0.3, 0.4) is 0 Å². The molecule has 3 nitrogen and oxygen atoms in total. The number of hydrogen-bond acceptors (Lipinski definition) is 3. The number of benzene rings is 3. The lowest BCUT2D eigenvalue weighted by molar-refractivity contribution is 0.137. The predicted octanol–water partition coefficient (Wildman–Crippen LogP) is 5.79. The Bertz CT molecular complexity index is 1090. The molecule has 0 bridgehead atoms. The molecule has 4 heteroatoms. The molecule has 0 radical (unpaired) electrons. The Balaban J connectivity index is 0.00000192. The summed E-state index contributed by atoms with van der Waals surface area (Å²) in [6, 6.07) is 27.1. The quantitative estimate of drug-likeness (QED) is 0.478. The van der Waals surface area contributed by atoms with Crippen LogP contribution < -0.4 is 10.1 Å². The van der Waals surface area contributed by atoms with Gasteiger partial charge in [0.15, 0.2) is 0 Å². The van der Waals surface area contributed by atoms with Gasteiger partial charge < -0.3 is 14.5 Å². The van der Waals surface area contributed by atoms with E-state index in [9.17, 15) is 0 Å². The van der Waals surface area contributed by atoms with Crippen LogP contribution in [0, 0.1) is 0 Å². The van der Waals surface area contributed by atoms with Crippen LogP contribution in [0.2, 0.25) is 0 Å². The van der Waals surface area contributed by atoms with Gasteiger partial charge in [0.25, 0.3) is 5.95 Å². The normalized spacial score (nSPS) is 17.9. The SMILES string of the molecule is CNC1Cc2ccccc2C1Oc1oc2ccccc2c1-c1ccccc1.Cl. The van der Waals surface area contributed by atoms with Crippen LogP contribution in [-0.4, -0.2) is 13.1 Å². The molecule has 0 aliphatic heterocycles. The maximum absolute atomic E-state index is 6.55. The minimum Gasteiger partial charge on any atom is -0.455 e. The minimum atomic E-state index is -0.0748. The van der Waals surface area contributed by atoms with Crippen LogP contribution in [0.25, 0.3) is 22.1 Å². The molecule has 5 rings (SSSR count). The third-order valence-electron chi connectivity index (χ3n) is 5.40. The first-order valence-corrected chi connectivity index (χ1v) is 9.34. The summed E-state index contributed by atoms with van der Waals surface area (Å²) in [6.45, 7) is 0. The fourth-order valence-electron chi connectivity index (χ4n) is 4.06. The number of fused-ring (bicyclic) bond motifs is 2. The maximum Gasteiger partial charge on any atom is 0.294 e. The molecular formula is C24H22ClNO2. The van der Waals surface area contributed by atoms with Crippen molar-refractivity contribution < 1.29 is 9.15 Å². The summed E-state index contributed by atoms with van der Waals surface area (Å²) in [7, 11) is 1.99. The fraction of sp³-hybridized carbons (Fsp3) is 0.167. The van der Waals surface area contributed by atoms with Gasteiger partial charge in [0, 0.05) is 5.39 Å². The van der Waals surface area contributed by atoms with E-state index in [1.807, 2.05) is 43.4 Å². The Kier molecular flexibility index (Phi) is 5.12. The van der Waals surface area contributed by atoms with Crippen molar-refractivity contribution in [2.45, 2.75) is 18.6 Å². The van der Waals surface area contributed by atoms with Crippen molar-refractivity contribution in [3.8, 4) is 17.1 Å². The molecule has 142 valence electrons. The topological polar surface area (TPSA) is 34.4 Å². The van der Waals surface area contributed by atoms with Gasteiger partial charge in [0.05, 0.1) is 11.6 Å². The zero-order chi connectivity index (χ0) is 18.2. The highest BCUT2D eigenvalue weighted by Crippen LogP contribution is 2.44. The van der Waals surface area contributed by atoms with Crippen LogP contribution in [0.1, 0.15) is 17.2 Å². The molecular weight excluding hydrogens is 370 g/mol. The van der Waals surface area contributed by atoms with E-state index in [2.05, 4.69) is 47.8 Å². The van der Waals surface area contributed by atoms with Gasteiger partial charge >= 0.3 is 0 Å². The number of halogens is 1. The summed E-state index contributed by atoms with van der Waals surface area (Å²) in [5.41, 5.74) is 5.53. The molecule has 1 aromatic heterocycles. The van der Waals surface area contributed by atoms with Crippen molar-refractivity contribution in [1.82, 2.24) is 5.32 Å². The van der Waals surface area contributed by atoms with Gasteiger partial charge in [-0.2, -0.15) is 0 Å². The molecule has 0 spiro atoms. The molecule has 28 heavy (non-hydrogen) atoms. The van der Waals surface area contributed by atoms with Gasteiger partial charge in [-0.1, -0.05) is 72.8 Å². The molecule has 0 saturated heterocycles. The Morgan fingerprint density at radius 2 is 1.61 bits per heavy atom. The Morgan fingerprint density at radius 1 is 0.893 bits per heavy atom. The number of para-hydroxylation sites is 1. The standard InChI is InChI=1S/C24H21NO2.ClH/c1-25-20-15-17-11-5-6-12-18(17)23(20)27-24-22(16-9-3-2-4-10-16)19-13-7-8-14-21(19)26-24;/h2-14,20,23,25H,15H2,1H3;1H. The van der Waals surface area contributed by atoms with E-state index in [1.54, 1.807) is 0 Å². The lowest BCUT2D eigenvalue weighted by Crippen LogP contribution is -2.32. The molecule has 4 aromatic rings. The average molecular weight is 392 g/mol. The van der Waals surface area contributed by atoms with Crippen molar-refractivity contribution in [3.05, 3.63) is 90.0 Å². The first-order chi connectivity index (χ1) is 13.3. The summed E-state index contributed by atoms with van der Waals surface area (Å²) in [6.07, 6.45) is 0.882. The molecule has 3 aromatic carbocycles. The summed E-state index contributed by atoms with van der Waals surface area (Å²) >= 11 is 0. The first kappa shape index (κ1) is 18.6. The Labute approximate surface area is 170 Å². The number of ether oxygens (including phenoxy) is 1. The monoisotopic (exact) mass is 391 g/mol. The van der Waals surface area contributed by atoms with Gasteiger partial charge in [-0.05, 0) is 36.2 Å². The lowest BCUT2D eigenvalue weighted by atomic mass is 10.0. The molecule has 2 atom stereocenters. The lowest BCUT2D eigenvalue weighted by Gasteiger charge is -2.21. The van der Waals surface area contributed by atoms with Crippen molar-refractivity contribution in [1.29, 1.82) is 0 Å². The van der Waals surface area contributed by atoms with Crippen molar-refractivity contribution in [2.24, 2.45) is 0 Å². The Hall–Kier alpha value is -2.75. The van der Waals surface area contributed by atoms with Crippen LogP contribution in [0.15, 0.2) is 83.3 Å². The van der Waals surface area contributed by atoms with Crippen molar-refractivity contribution in [2.75, 3.05) is 7.05 Å². The van der Waals surface area contributed by atoms with Crippen molar-refractivity contribution >= 4 is 23.4 Å². The predicted molar refractivity (Wildman–Crippen MR) is 115 cm³/mol. The zero-order valence-electron chi connectivity index (χ0n) is 15.6. The molecule has 1 heterocycles. The van der Waals surface area contributed by atoms with E-state index < -0.39 is 0 Å². The third kappa shape index (κ3) is 3.07. The Morgan fingerprint density at radius 3 is 2.43 bits per heavy atom. The zero-order valence-corrected chi connectivity index (χ0v) is 16.4. The fourth-order valence-corrected chi connectivity index (χ4v) is 4.06. The van der Waals surface area contributed by atoms with Crippen molar-refractivity contribution in [3.63, 3.8) is 0 Å². The van der Waals surface area contributed by atoms with Gasteiger partial charge in [0.1, 0.15) is 11.7 Å². The van der Waals surface area contributed by atoms with Gasteiger partial charge in [0.2, 0.25) is 0 Å². The van der Waals surface area contributed by atoms with Crippen LogP contribution >= 0.6 is 12.4 Å². The highest BCUT2D eigenvalue weighted by Gasteiger charge is 2.34. The van der Waals surface area contributed by atoms with E-state index in [1.165, 1.54) is 11.1 Å². The van der Waals surface area contributed by atoms with Crippen LogP contribution in [-0.2, 0) is 6.42 Å². The van der Waals surface area contributed by atoms with Crippen LogP contribution in [0.5, 0.6) is 5.95 Å². The first-order valence-electron chi connectivity index (χ1n) is 9.34. The molecule has 1 aliphatic carbocycles. The minimum absolute atomic E-state index is 0. The molecule has 1 aliphatic rings. The summed E-state index contributed by atoms with van der Waals surface area (Å²) in [5.74, 6) is 0.587. The second kappa shape index (κ2) is 7.70.